The van der Waals surface area contributed by atoms with Crippen LogP contribution in [0.25, 0.3) is 5.82 Å². The zero-order chi connectivity index (χ0) is 18.1. The summed E-state index contributed by atoms with van der Waals surface area (Å²) < 4.78 is 1.76. The fourth-order valence-electron chi connectivity index (χ4n) is 3.24. The Kier molecular flexibility index (Phi) is 4.24. The van der Waals surface area contributed by atoms with Crippen molar-refractivity contribution in [3.63, 3.8) is 0 Å². The molecule has 1 fully saturated rings. The van der Waals surface area contributed by atoms with Crippen LogP contribution in [0.2, 0.25) is 0 Å². The van der Waals surface area contributed by atoms with Crippen LogP contribution in [0.3, 0.4) is 0 Å². The van der Waals surface area contributed by atoms with Crippen molar-refractivity contribution in [2.45, 2.75) is 20.8 Å². The summed E-state index contributed by atoms with van der Waals surface area (Å²) in [6.45, 7) is 9.43. The SMILES string of the molecule is Cc1cc(N2CCN(c3cc(-n4cccn4)nc(C)n3)CC2)nc(C)n1. The fourth-order valence-corrected chi connectivity index (χ4v) is 3.24. The van der Waals surface area contributed by atoms with Crippen LogP contribution in [-0.4, -0.2) is 55.9 Å². The molecule has 8 nitrogen and oxygen atoms in total. The van der Waals surface area contributed by atoms with E-state index in [1.807, 2.05) is 45.2 Å². The minimum absolute atomic E-state index is 0.748. The Labute approximate surface area is 152 Å². The van der Waals surface area contributed by atoms with Gasteiger partial charge in [0.1, 0.15) is 23.3 Å². The lowest BCUT2D eigenvalue weighted by molar-refractivity contribution is 0.637. The first-order valence-electron chi connectivity index (χ1n) is 8.76. The summed E-state index contributed by atoms with van der Waals surface area (Å²) in [6, 6.07) is 5.93. The van der Waals surface area contributed by atoms with Gasteiger partial charge in [-0.15, -0.1) is 0 Å². The Morgan fingerprint density at radius 2 is 1.31 bits per heavy atom. The molecule has 0 N–H and O–H groups in total. The molecule has 4 heterocycles. The van der Waals surface area contributed by atoms with E-state index in [2.05, 4.69) is 34.8 Å². The number of hydrogen-bond acceptors (Lipinski definition) is 7. The summed E-state index contributed by atoms with van der Waals surface area (Å²) >= 11 is 0. The molecule has 0 amide bonds. The van der Waals surface area contributed by atoms with E-state index >= 15 is 0 Å². The molecule has 26 heavy (non-hydrogen) atoms. The van der Waals surface area contributed by atoms with Crippen LogP contribution >= 0.6 is 0 Å². The van der Waals surface area contributed by atoms with E-state index in [1.165, 1.54) is 0 Å². The van der Waals surface area contributed by atoms with Crippen LogP contribution in [0, 0.1) is 20.8 Å². The normalized spacial score (nSPS) is 14.7. The first kappa shape index (κ1) is 16.4. The summed E-state index contributed by atoms with van der Waals surface area (Å²) in [5, 5.41) is 4.27. The molecule has 1 aliphatic rings. The molecule has 4 rings (SSSR count). The maximum atomic E-state index is 4.62. The van der Waals surface area contributed by atoms with Gasteiger partial charge >= 0.3 is 0 Å². The van der Waals surface area contributed by atoms with E-state index in [1.54, 1.807) is 10.9 Å². The molecule has 3 aromatic rings. The minimum atomic E-state index is 0.748. The van der Waals surface area contributed by atoms with Crippen molar-refractivity contribution in [3.8, 4) is 5.82 Å². The van der Waals surface area contributed by atoms with Gasteiger partial charge in [-0.1, -0.05) is 0 Å². The molecule has 0 bridgehead atoms. The molecule has 0 aromatic carbocycles. The molecular weight excluding hydrogens is 328 g/mol. The van der Waals surface area contributed by atoms with Gasteiger partial charge in [0.15, 0.2) is 5.82 Å². The van der Waals surface area contributed by atoms with Crippen molar-refractivity contribution in [1.29, 1.82) is 0 Å². The summed E-state index contributed by atoms with van der Waals surface area (Å²) in [5.74, 6) is 4.31. The van der Waals surface area contributed by atoms with E-state index in [0.717, 1.165) is 61.0 Å². The van der Waals surface area contributed by atoms with E-state index in [4.69, 9.17) is 0 Å². The highest BCUT2D eigenvalue weighted by Gasteiger charge is 2.20. The van der Waals surface area contributed by atoms with Crippen molar-refractivity contribution in [2.75, 3.05) is 36.0 Å². The lowest BCUT2D eigenvalue weighted by Gasteiger charge is -2.36. The molecule has 0 aliphatic carbocycles. The van der Waals surface area contributed by atoms with Crippen LogP contribution in [0.1, 0.15) is 17.3 Å². The Balaban J connectivity index is 1.51. The zero-order valence-corrected chi connectivity index (χ0v) is 15.3. The van der Waals surface area contributed by atoms with E-state index in [-0.39, 0.29) is 0 Å². The van der Waals surface area contributed by atoms with Gasteiger partial charge < -0.3 is 9.80 Å². The highest BCUT2D eigenvalue weighted by atomic mass is 15.3. The monoisotopic (exact) mass is 350 g/mol. The third kappa shape index (κ3) is 3.35. The molecule has 0 atom stereocenters. The Morgan fingerprint density at radius 3 is 1.88 bits per heavy atom. The number of nitrogens with zero attached hydrogens (tertiary/aromatic N) is 8. The second-order valence-electron chi connectivity index (χ2n) is 6.47. The predicted octanol–water partition coefficient (Wildman–Crippen LogP) is 1.70. The molecule has 0 radical (unpaired) electrons. The van der Waals surface area contributed by atoms with Gasteiger partial charge in [0.2, 0.25) is 0 Å². The highest BCUT2D eigenvalue weighted by molar-refractivity contribution is 5.48. The molecule has 3 aromatic heterocycles. The molecule has 0 unspecified atom stereocenters. The molecule has 8 heteroatoms. The van der Waals surface area contributed by atoms with Crippen LogP contribution in [0.4, 0.5) is 11.6 Å². The second-order valence-corrected chi connectivity index (χ2v) is 6.47. The van der Waals surface area contributed by atoms with E-state index < -0.39 is 0 Å². The fraction of sp³-hybridized carbons (Fsp3) is 0.389. The second kappa shape index (κ2) is 6.70. The standard InChI is InChI=1S/C18H22N8/c1-13-11-16(21-14(2)20-13)24-7-9-25(10-8-24)17-12-18(23-15(3)22-17)26-6-4-5-19-26/h4-6,11-12H,7-10H2,1-3H3. The number of aryl methyl sites for hydroxylation is 3. The third-order valence-electron chi connectivity index (χ3n) is 4.43. The van der Waals surface area contributed by atoms with Gasteiger partial charge in [0.05, 0.1) is 0 Å². The van der Waals surface area contributed by atoms with Crippen LogP contribution < -0.4 is 9.80 Å². The molecule has 0 spiro atoms. The average Bonchev–Trinajstić information content (AvgIpc) is 3.15. The number of piperazine rings is 1. The maximum Gasteiger partial charge on any atom is 0.159 e. The minimum Gasteiger partial charge on any atom is -0.353 e. The third-order valence-corrected chi connectivity index (χ3v) is 4.43. The van der Waals surface area contributed by atoms with E-state index in [9.17, 15) is 0 Å². The predicted molar refractivity (Wildman–Crippen MR) is 99.8 cm³/mol. The topological polar surface area (TPSA) is 75.9 Å². The highest BCUT2D eigenvalue weighted by Crippen LogP contribution is 2.20. The van der Waals surface area contributed by atoms with Gasteiger partial charge in [-0.05, 0) is 26.8 Å². The summed E-state index contributed by atoms with van der Waals surface area (Å²) in [7, 11) is 0. The van der Waals surface area contributed by atoms with Gasteiger partial charge in [0, 0.05) is 56.4 Å². The van der Waals surface area contributed by atoms with Crippen LogP contribution in [0.15, 0.2) is 30.6 Å². The summed E-state index contributed by atoms with van der Waals surface area (Å²) in [6.07, 6.45) is 3.64. The largest absolute Gasteiger partial charge is 0.353 e. The zero-order valence-electron chi connectivity index (χ0n) is 15.3. The lowest BCUT2D eigenvalue weighted by Crippen LogP contribution is -2.47. The van der Waals surface area contributed by atoms with Gasteiger partial charge in [0.25, 0.3) is 0 Å². The average molecular weight is 350 g/mol. The molecule has 1 saturated heterocycles. The van der Waals surface area contributed by atoms with Gasteiger partial charge in [-0.2, -0.15) is 5.10 Å². The summed E-state index contributed by atoms with van der Waals surface area (Å²) in [5.41, 5.74) is 1.00. The Bertz CT molecular complexity index is 877. The van der Waals surface area contributed by atoms with E-state index in [0.29, 0.717) is 0 Å². The Hall–Kier alpha value is -3.03. The Morgan fingerprint density at radius 1 is 0.731 bits per heavy atom. The number of hydrogen-bond donors (Lipinski definition) is 0. The molecule has 1 aliphatic heterocycles. The quantitative estimate of drug-likeness (QED) is 0.711. The number of anilines is 2. The molecular formula is C18H22N8. The number of rotatable bonds is 3. The van der Waals surface area contributed by atoms with Gasteiger partial charge in [-0.25, -0.2) is 24.6 Å². The van der Waals surface area contributed by atoms with Crippen molar-refractivity contribution >= 4 is 11.6 Å². The van der Waals surface area contributed by atoms with Crippen LogP contribution in [-0.2, 0) is 0 Å². The lowest BCUT2D eigenvalue weighted by atomic mass is 10.3. The summed E-state index contributed by atoms with van der Waals surface area (Å²) in [4.78, 5) is 22.6. The number of aromatic nitrogens is 6. The smallest absolute Gasteiger partial charge is 0.159 e. The van der Waals surface area contributed by atoms with Crippen molar-refractivity contribution < 1.29 is 0 Å². The van der Waals surface area contributed by atoms with Crippen molar-refractivity contribution in [1.82, 2.24) is 29.7 Å². The van der Waals surface area contributed by atoms with Crippen molar-refractivity contribution in [2.24, 2.45) is 0 Å². The first-order chi connectivity index (χ1) is 12.6. The molecule has 0 saturated carbocycles. The maximum absolute atomic E-state index is 4.62. The van der Waals surface area contributed by atoms with Crippen molar-refractivity contribution in [3.05, 3.63) is 47.9 Å². The van der Waals surface area contributed by atoms with Gasteiger partial charge in [-0.3, -0.25) is 0 Å². The molecule has 134 valence electrons. The van der Waals surface area contributed by atoms with Crippen LogP contribution in [0.5, 0.6) is 0 Å². The first-order valence-corrected chi connectivity index (χ1v) is 8.76.